The second kappa shape index (κ2) is 12.0. The highest BCUT2D eigenvalue weighted by molar-refractivity contribution is 4.76. The molecule has 116 valence electrons. The van der Waals surface area contributed by atoms with Gasteiger partial charge in [-0.15, -0.1) is 0 Å². The van der Waals surface area contributed by atoms with Crippen molar-refractivity contribution >= 4 is 0 Å². The highest BCUT2D eigenvalue weighted by Crippen LogP contribution is 2.14. The summed E-state index contributed by atoms with van der Waals surface area (Å²) in [5, 5.41) is 0. The third kappa shape index (κ3) is 8.36. The molecule has 3 heteroatoms. The Kier molecular flexibility index (Phi) is 10.3. The number of nitrogens with zero attached hydrogens (tertiary/aromatic N) is 2. The Morgan fingerprint density at radius 1 is 1.00 bits per heavy atom. The van der Waals surface area contributed by atoms with Crippen LogP contribution in [0.5, 0.6) is 0 Å². The molecule has 0 radical (unpaired) electrons. The van der Waals surface area contributed by atoms with Crippen LogP contribution in [0.25, 0.3) is 0 Å². The van der Waals surface area contributed by atoms with E-state index in [2.05, 4.69) is 16.5 Å². The van der Waals surface area contributed by atoms with E-state index in [4.69, 9.17) is 5.73 Å². The molecule has 0 amide bonds. The van der Waals surface area contributed by atoms with Crippen LogP contribution in [0, 0.1) is 5.92 Å². The summed E-state index contributed by atoms with van der Waals surface area (Å²) in [4.78, 5) is 4.08. The lowest BCUT2D eigenvalue weighted by atomic mass is 10.00. The Bertz CT molecular complexity index is 295. The highest BCUT2D eigenvalue weighted by Gasteiger charge is 2.06. The molecule has 20 heavy (non-hydrogen) atoms. The van der Waals surface area contributed by atoms with Crippen LogP contribution >= 0.6 is 0 Å². The lowest BCUT2D eigenvalue weighted by Crippen LogP contribution is -2.19. The van der Waals surface area contributed by atoms with E-state index in [9.17, 15) is 0 Å². The van der Waals surface area contributed by atoms with Crippen molar-refractivity contribution in [1.82, 2.24) is 9.55 Å². The average molecular weight is 279 g/mol. The molecule has 0 fully saturated rings. The molecule has 1 heterocycles. The molecule has 2 N–H and O–H groups in total. The van der Waals surface area contributed by atoms with Gasteiger partial charge in [-0.2, -0.15) is 0 Å². The Morgan fingerprint density at radius 3 is 2.20 bits per heavy atom. The van der Waals surface area contributed by atoms with Crippen molar-refractivity contribution in [1.29, 1.82) is 0 Å². The minimum atomic E-state index is 0.605. The quantitative estimate of drug-likeness (QED) is 0.545. The first-order valence-electron chi connectivity index (χ1n) is 8.52. The lowest BCUT2D eigenvalue weighted by Gasteiger charge is -2.15. The average Bonchev–Trinajstić information content (AvgIpc) is 2.97. The van der Waals surface area contributed by atoms with Crippen LogP contribution in [0.15, 0.2) is 18.7 Å². The molecular weight excluding hydrogens is 246 g/mol. The first kappa shape index (κ1) is 17.2. The molecule has 1 aromatic rings. The lowest BCUT2D eigenvalue weighted by molar-refractivity contribution is 0.402. The van der Waals surface area contributed by atoms with Gasteiger partial charge in [-0.3, -0.25) is 0 Å². The van der Waals surface area contributed by atoms with Crippen LogP contribution < -0.4 is 5.73 Å². The van der Waals surface area contributed by atoms with Gasteiger partial charge < -0.3 is 10.3 Å². The van der Waals surface area contributed by atoms with E-state index >= 15 is 0 Å². The van der Waals surface area contributed by atoms with Crippen molar-refractivity contribution in [2.75, 3.05) is 6.54 Å². The molecule has 0 aliphatic heterocycles. The fourth-order valence-corrected chi connectivity index (χ4v) is 2.72. The van der Waals surface area contributed by atoms with Crippen LogP contribution in [0.3, 0.4) is 0 Å². The molecule has 0 aliphatic carbocycles. The van der Waals surface area contributed by atoms with Crippen molar-refractivity contribution in [3.8, 4) is 0 Å². The maximum Gasteiger partial charge on any atom is 0.0946 e. The Morgan fingerprint density at radius 2 is 1.65 bits per heavy atom. The predicted molar refractivity (Wildman–Crippen MR) is 86.6 cm³/mol. The van der Waals surface area contributed by atoms with Crippen LogP contribution in [0.4, 0.5) is 0 Å². The zero-order chi connectivity index (χ0) is 14.5. The van der Waals surface area contributed by atoms with Gasteiger partial charge in [0.2, 0.25) is 0 Å². The molecule has 1 unspecified atom stereocenters. The molecule has 1 atom stereocenters. The first-order chi connectivity index (χ1) is 9.86. The number of imidazole rings is 1. The second-order valence-electron chi connectivity index (χ2n) is 5.98. The standard InChI is InChI=1S/C17H33N3/c1-2-3-4-5-6-7-8-9-10-11-17(14-18)15-20-13-12-19-16-20/h12-13,16-17H,2-11,14-15,18H2,1H3. The van der Waals surface area contributed by atoms with Crippen molar-refractivity contribution in [2.24, 2.45) is 11.7 Å². The minimum Gasteiger partial charge on any atom is -0.337 e. The van der Waals surface area contributed by atoms with Crippen LogP contribution in [0.2, 0.25) is 0 Å². The number of hydrogen-bond donors (Lipinski definition) is 1. The molecule has 0 aromatic carbocycles. The minimum absolute atomic E-state index is 0.605. The maximum absolute atomic E-state index is 5.86. The maximum atomic E-state index is 5.86. The predicted octanol–water partition coefficient (Wildman–Crippen LogP) is 4.38. The molecule has 3 nitrogen and oxygen atoms in total. The molecule has 0 saturated carbocycles. The van der Waals surface area contributed by atoms with E-state index < -0.39 is 0 Å². The van der Waals surface area contributed by atoms with E-state index in [1.54, 1.807) is 0 Å². The monoisotopic (exact) mass is 279 g/mol. The van der Waals surface area contributed by atoms with Crippen molar-refractivity contribution in [2.45, 2.75) is 77.7 Å². The number of aromatic nitrogens is 2. The zero-order valence-electron chi connectivity index (χ0n) is 13.3. The van der Waals surface area contributed by atoms with Gasteiger partial charge in [0.1, 0.15) is 0 Å². The van der Waals surface area contributed by atoms with Gasteiger partial charge in [-0.25, -0.2) is 4.98 Å². The third-order valence-corrected chi connectivity index (χ3v) is 4.08. The molecular formula is C17H33N3. The number of unbranched alkanes of at least 4 members (excludes halogenated alkanes) is 8. The fourth-order valence-electron chi connectivity index (χ4n) is 2.72. The zero-order valence-corrected chi connectivity index (χ0v) is 13.3. The van der Waals surface area contributed by atoms with Crippen LogP contribution in [-0.2, 0) is 6.54 Å². The van der Waals surface area contributed by atoms with Gasteiger partial charge >= 0.3 is 0 Å². The smallest absolute Gasteiger partial charge is 0.0946 e. The normalized spacial score (nSPS) is 12.7. The van der Waals surface area contributed by atoms with Crippen molar-refractivity contribution in [3.05, 3.63) is 18.7 Å². The number of rotatable bonds is 13. The van der Waals surface area contributed by atoms with Gasteiger partial charge in [0.25, 0.3) is 0 Å². The van der Waals surface area contributed by atoms with E-state index in [0.29, 0.717) is 5.92 Å². The van der Waals surface area contributed by atoms with E-state index in [0.717, 1.165) is 13.1 Å². The molecule has 1 rings (SSSR count). The van der Waals surface area contributed by atoms with E-state index in [1.165, 1.54) is 64.2 Å². The van der Waals surface area contributed by atoms with E-state index in [-0.39, 0.29) is 0 Å². The molecule has 1 aromatic heterocycles. The van der Waals surface area contributed by atoms with E-state index in [1.807, 2.05) is 18.7 Å². The topological polar surface area (TPSA) is 43.8 Å². The van der Waals surface area contributed by atoms with Gasteiger partial charge in [0, 0.05) is 18.9 Å². The van der Waals surface area contributed by atoms with Gasteiger partial charge in [-0.05, 0) is 18.9 Å². The SMILES string of the molecule is CCCCCCCCCCCC(CN)Cn1ccnc1. The van der Waals surface area contributed by atoms with Gasteiger partial charge in [0.15, 0.2) is 0 Å². The molecule has 0 bridgehead atoms. The highest BCUT2D eigenvalue weighted by atomic mass is 15.0. The van der Waals surface area contributed by atoms with Gasteiger partial charge in [-0.1, -0.05) is 64.7 Å². The number of hydrogen-bond acceptors (Lipinski definition) is 2. The summed E-state index contributed by atoms with van der Waals surface area (Å²) in [5.74, 6) is 0.605. The summed E-state index contributed by atoms with van der Waals surface area (Å²) < 4.78 is 2.14. The summed E-state index contributed by atoms with van der Waals surface area (Å²) in [5.41, 5.74) is 5.86. The fraction of sp³-hybridized carbons (Fsp3) is 0.824. The summed E-state index contributed by atoms with van der Waals surface area (Å²) in [7, 11) is 0. The summed E-state index contributed by atoms with van der Waals surface area (Å²) in [6.07, 6.45) is 19.6. The first-order valence-corrected chi connectivity index (χ1v) is 8.52. The summed E-state index contributed by atoms with van der Waals surface area (Å²) in [6.45, 7) is 4.08. The molecule has 0 aliphatic rings. The van der Waals surface area contributed by atoms with Crippen molar-refractivity contribution in [3.63, 3.8) is 0 Å². The third-order valence-electron chi connectivity index (χ3n) is 4.08. The molecule has 0 spiro atoms. The Hall–Kier alpha value is -0.830. The number of nitrogens with two attached hydrogens (primary N) is 1. The van der Waals surface area contributed by atoms with Crippen molar-refractivity contribution < 1.29 is 0 Å². The van der Waals surface area contributed by atoms with Gasteiger partial charge in [0.05, 0.1) is 6.33 Å². The Labute approximate surface area is 125 Å². The van der Waals surface area contributed by atoms with Crippen LogP contribution in [-0.4, -0.2) is 16.1 Å². The van der Waals surface area contributed by atoms with Crippen LogP contribution in [0.1, 0.15) is 71.1 Å². The summed E-state index contributed by atoms with van der Waals surface area (Å²) >= 11 is 0. The summed E-state index contributed by atoms with van der Waals surface area (Å²) in [6, 6.07) is 0. The second-order valence-corrected chi connectivity index (χ2v) is 5.98. The molecule has 0 saturated heterocycles. The largest absolute Gasteiger partial charge is 0.337 e. The Balaban J connectivity index is 1.93.